The molecule has 1 aliphatic heterocycles. The maximum Gasteiger partial charge on any atom is 0.123 e. The number of rotatable bonds is 4. The van der Waals surface area contributed by atoms with Gasteiger partial charge in [0.15, 0.2) is 0 Å². The molecule has 1 aromatic carbocycles. The molecule has 1 saturated heterocycles. The van der Waals surface area contributed by atoms with Crippen LogP contribution in [0.1, 0.15) is 31.2 Å². The fourth-order valence-electron chi connectivity index (χ4n) is 2.81. The van der Waals surface area contributed by atoms with E-state index in [1.54, 1.807) is 12.1 Å². The lowest BCUT2D eigenvalue weighted by Crippen LogP contribution is -2.46. The van der Waals surface area contributed by atoms with Crippen LogP contribution in [0.5, 0.6) is 0 Å². The van der Waals surface area contributed by atoms with Gasteiger partial charge in [-0.25, -0.2) is 4.39 Å². The minimum atomic E-state index is -0.128. The van der Waals surface area contributed by atoms with E-state index in [4.69, 9.17) is 0 Å². The number of benzene rings is 1. The number of nitrogens with one attached hydrogen (secondary N) is 1. The van der Waals surface area contributed by atoms with E-state index in [1.165, 1.54) is 31.7 Å². The summed E-state index contributed by atoms with van der Waals surface area (Å²) in [5.74, 6) is -0.128. The molecule has 1 N–H and O–H groups in total. The molecule has 1 aromatic rings. The molecule has 1 unspecified atom stereocenters. The van der Waals surface area contributed by atoms with Crippen molar-refractivity contribution in [2.75, 3.05) is 13.1 Å². The Labute approximate surface area is 108 Å². The van der Waals surface area contributed by atoms with Crippen molar-refractivity contribution in [1.29, 1.82) is 0 Å². The molecule has 0 spiro atoms. The van der Waals surface area contributed by atoms with Gasteiger partial charge in [-0.05, 0) is 49.9 Å². The average molecular weight is 248 g/mol. The van der Waals surface area contributed by atoms with Crippen molar-refractivity contribution in [3.8, 4) is 0 Å². The highest BCUT2D eigenvalue weighted by molar-refractivity contribution is 5.16. The third kappa shape index (κ3) is 3.30. The Morgan fingerprint density at radius 1 is 1.22 bits per heavy atom. The summed E-state index contributed by atoms with van der Waals surface area (Å²) >= 11 is 0. The summed E-state index contributed by atoms with van der Waals surface area (Å²) in [4.78, 5) is 2.44. The molecular weight excluding hydrogens is 227 g/mol. The van der Waals surface area contributed by atoms with Crippen molar-refractivity contribution >= 4 is 0 Å². The third-order valence-corrected chi connectivity index (χ3v) is 3.85. The summed E-state index contributed by atoms with van der Waals surface area (Å²) in [7, 11) is 0. The Morgan fingerprint density at radius 3 is 2.89 bits per heavy atom. The topological polar surface area (TPSA) is 15.3 Å². The van der Waals surface area contributed by atoms with E-state index in [-0.39, 0.29) is 5.82 Å². The van der Waals surface area contributed by atoms with E-state index in [0.29, 0.717) is 6.04 Å². The van der Waals surface area contributed by atoms with E-state index in [0.717, 1.165) is 31.2 Å². The zero-order chi connectivity index (χ0) is 12.4. The summed E-state index contributed by atoms with van der Waals surface area (Å²) in [6.07, 6.45) is 5.23. The predicted molar refractivity (Wildman–Crippen MR) is 70.9 cm³/mol. The van der Waals surface area contributed by atoms with Crippen LogP contribution in [0.25, 0.3) is 0 Å². The lowest BCUT2D eigenvalue weighted by molar-refractivity contribution is 0.182. The zero-order valence-corrected chi connectivity index (χ0v) is 10.7. The van der Waals surface area contributed by atoms with Gasteiger partial charge in [0, 0.05) is 25.2 Å². The fourth-order valence-corrected chi connectivity index (χ4v) is 2.81. The molecule has 0 bridgehead atoms. The second-order valence-corrected chi connectivity index (χ2v) is 5.65. The minimum Gasteiger partial charge on any atom is -0.310 e. The minimum absolute atomic E-state index is 0.128. The van der Waals surface area contributed by atoms with Crippen LogP contribution in [-0.4, -0.2) is 30.1 Å². The maximum atomic E-state index is 13.1. The Kier molecular flexibility index (Phi) is 3.62. The lowest BCUT2D eigenvalue weighted by Gasteiger charge is -2.33. The van der Waals surface area contributed by atoms with Crippen molar-refractivity contribution in [3.05, 3.63) is 35.6 Å². The van der Waals surface area contributed by atoms with Crippen molar-refractivity contribution in [3.63, 3.8) is 0 Å². The summed E-state index contributed by atoms with van der Waals surface area (Å²) in [5.41, 5.74) is 1.09. The normalized spacial score (nSPS) is 25.3. The number of halogens is 1. The Morgan fingerprint density at radius 2 is 2.11 bits per heavy atom. The highest BCUT2D eigenvalue weighted by Gasteiger charge is 2.27. The molecule has 0 amide bonds. The second kappa shape index (κ2) is 5.37. The molecule has 1 atom stereocenters. The second-order valence-electron chi connectivity index (χ2n) is 5.65. The molecule has 3 heteroatoms. The fraction of sp³-hybridized carbons (Fsp3) is 0.600. The maximum absolute atomic E-state index is 13.1. The Hall–Kier alpha value is -0.930. The zero-order valence-electron chi connectivity index (χ0n) is 10.7. The van der Waals surface area contributed by atoms with Crippen molar-refractivity contribution < 1.29 is 4.39 Å². The van der Waals surface area contributed by atoms with Gasteiger partial charge in [-0.3, -0.25) is 4.90 Å². The molecule has 1 saturated carbocycles. The van der Waals surface area contributed by atoms with Crippen LogP contribution in [0.15, 0.2) is 24.3 Å². The van der Waals surface area contributed by atoms with Gasteiger partial charge in [0.2, 0.25) is 0 Å². The van der Waals surface area contributed by atoms with Crippen LogP contribution < -0.4 is 5.32 Å². The summed E-state index contributed by atoms with van der Waals surface area (Å²) < 4.78 is 13.1. The van der Waals surface area contributed by atoms with Crippen molar-refractivity contribution in [2.45, 2.75) is 44.3 Å². The van der Waals surface area contributed by atoms with E-state index in [9.17, 15) is 4.39 Å². The van der Waals surface area contributed by atoms with E-state index in [1.807, 2.05) is 6.07 Å². The SMILES string of the molecule is Fc1cccc(CN2CCCC(NC3CC3)C2)c1. The number of nitrogens with zero attached hydrogens (tertiary/aromatic N) is 1. The van der Waals surface area contributed by atoms with Crippen molar-refractivity contribution in [2.24, 2.45) is 0 Å². The summed E-state index contributed by atoms with van der Waals surface area (Å²) in [6.45, 7) is 3.12. The molecule has 1 heterocycles. The van der Waals surface area contributed by atoms with Crippen molar-refractivity contribution in [1.82, 2.24) is 10.2 Å². The number of hydrogen-bond acceptors (Lipinski definition) is 2. The molecule has 2 fully saturated rings. The van der Waals surface area contributed by atoms with E-state index >= 15 is 0 Å². The van der Waals surface area contributed by atoms with Gasteiger partial charge in [-0.15, -0.1) is 0 Å². The van der Waals surface area contributed by atoms with Crippen LogP contribution in [-0.2, 0) is 6.54 Å². The van der Waals surface area contributed by atoms with Gasteiger partial charge in [-0.2, -0.15) is 0 Å². The average Bonchev–Trinajstić information content (AvgIpc) is 3.13. The first-order chi connectivity index (χ1) is 8.79. The smallest absolute Gasteiger partial charge is 0.123 e. The van der Waals surface area contributed by atoms with Gasteiger partial charge in [0.05, 0.1) is 0 Å². The summed E-state index contributed by atoms with van der Waals surface area (Å²) in [5, 5.41) is 3.70. The van der Waals surface area contributed by atoms with E-state index in [2.05, 4.69) is 10.2 Å². The van der Waals surface area contributed by atoms with E-state index < -0.39 is 0 Å². The highest BCUT2D eigenvalue weighted by atomic mass is 19.1. The largest absolute Gasteiger partial charge is 0.310 e. The van der Waals surface area contributed by atoms with Gasteiger partial charge >= 0.3 is 0 Å². The molecule has 0 aromatic heterocycles. The first kappa shape index (κ1) is 12.1. The Bertz CT molecular complexity index is 403. The Balaban J connectivity index is 1.55. The quantitative estimate of drug-likeness (QED) is 0.881. The standard InChI is InChI=1S/C15H21FN2/c16-13-4-1-3-12(9-13)10-18-8-2-5-15(11-18)17-14-6-7-14/h1,3-4,9,14-15,17H,2,5-8,10-11H2. The van der Waals surface area contributed by atoms with Gasteiger partial charge in [0.1, 0.15) is 5.82 Å². The monoisotopic (exact) mass is 248 g/mol. The predicted octanol–water partition coefficient (Wildman–Crippen LogP) is 2.54. The van der Waals surface area contributed by atoms with Gasteiger partial charge < -0.3 is 5.32 Å². The van der Waals surface area contributed by atoms with Crippen LogP contribution >= 0.6 is 0 Å². The van der Waals surface area contributed by atoms with Gasteiger partial charge in [-0.1, -0.05) is 12.1 Å². The highest BCUT2D eigenvalue weighted by Crippen LogP contribution is 2.22. The molecule has 0 radical (unpaired) electrons. The molecule has 3 rings (SSSR count). The van der Waals surface area contributed by atoms with Crippen LogP contribution in [0, 0.1) is 5.82 Å². The molecule has 98 valence electrons. The number of piperidine rings is 1. The molecule has 18 heavy (non-hydrogen) atoms. The number of hydrogen-bond donors (Lipinski definition) is 1. The first-order valence-corrected chi connectivity index (χ1v) is 7.02. The molecular formula is C15H21FN2. The summed E-state index contributed by atoms with van der Waals surface area (Å²) in [6, 6.07) is 8.40. The first-order valence-electron chi connectivity index (χ1n) is 7.02. The van der Waals surface area contributed by atoms with Crippen LogP contribution in [0.3, 0.4) is 0 Å². The molecule has 2 nitrogen and oxygen atoms in total. The lowest BCUT2D eigenvalue weighted by atomic mass is 10.0. The molecule has 1 aliphatic carbocycles. The van der Waals surface area contributed by atoms with Crippen LogP contribution in [0.2, 0.25) is 0 Å². The third-order valence-electron chi connectivity index (χ3n) is 3.85. The van der Waals surface area contributed by atoms with Crippen LogP contribution in [0.4, 0.5) is 4.39 Å². The number of likely N-dealkylation sites (tertiary alicyclic amines) is 1. The van der Waals surface area contributed by atoms with Gasteiger partial charge in [0.25, 0.3) is 0 Å². The molecule has 2 aliphatic rings.